The molecule has 0 heterocycles. The van der Waals surface area contributed by atoms with Crippen LogP contribution in [0.3, 0.4) is 0 Å². The van der Waals surface area contributed by atoms with Crippen LogP contribution in [0.4, 0.5) is 25.0 Å². The first-order chi connectivity index (χ1) is 10.3. The third-order valence-corrected chi connectivity index (χ3v) is 3.71. The molecule has 0 bridgehead atoms. The Morgan fingerprint density at radius 2 is 1.50 bits per heavy atom. The molecule has 0 aliphatic heterocycles. The molecule has 2 amide bonds. The SMILES string of the molecule is C.C.CNC(=O)Nc1ccc(I)cc1F.Nc1ccc(I)cc1F. The summed E-state index contributed by atoms with van der Waals surface area (Å²) in [6, 6.07) is 8.87. The average Bonchev–Trinajstić information content (AvgIpc) is 2.47. The van der Waals surface area contributed by atoms with E-state index in [9.17, 15) is 13.6 Å². The Hall–Kier alpha value is -1.17. The molecule has 0 aromatic heterocycles. The van der Waals surface area contributed by atoms with E-state index in [0.29, 0.717) is 0 Å². The van der Waals surface area contributed by atoms with Crippen molar-refractivity contribution in [1.29, 1.82) is 0 Å². The van der Waals surface area contributed by atoms with Gasteiger partial charge < -0.3 is 16.4 Å². The minimum atomic E-state index is -0.435. The lowest BCUT2D eigenvalue weighted by Gasteiger charge is -2.05. The molecule has 24 heavy (non-hydrogen) atoms. The maximum absolute atomic E-state index is 13.1. The average molecular weight is 563 g/mol. The van der Waals surface area contributed by atoms with Gasteiger partial charge >= 0.3 is 6.03 Å². The van der Waals surface area contributed by atoms with Crippen LogP contribution >= 0.6 is 45.2 Å². The van der Waals surface area contributed by atoms with Gasteiger partial charge in [-0.1, -0.05) is 14.9 Å². The van der Waals surface area contributed by atoms with Crippen molar-refractivity contribution in [2.75, 3.05) is 18.1 Å². The third-order valence-electron chi connectivity index (χ3n) is 2.37. The van der Waals surface area contributed by atoms with E-state index >= 15 is 0 Å². The number of nitrogens with two attached hydrogens (primary N) is 1. The lowest BCUT2D eigenvalue weighted by atomic mass is 10.3. The van der Waals surface area contributed by atoms with Crippen molar-refractivity contribution in [1.82, 2.24) is 5.32 Å². The minimum absolute atomic E-state index is 0. The number of halogens is 4. The molecule has 0 saturated carbocycles. The first-order valence-electron chi connectivity index (χ1n) is 5.97. The number of nitrogen functional groups attached to an aromatic ring is 1. The van der Waals surface area contributed by atoms with Gasteiger partial charge in [0.1, 0.15) is 11.6 Å². The van der Waals surface area contributed by atoms with Gasteiger partial charge in [-0.2, -0.15) is 0 Å². The topological polar surface area (TPSA) is 67.2 Å². The molecule has 0 atom stereocenters. The Balaban J connectivity index is 0. The van der Waals surface area contributed by atoms with Crippen molar-refractivity contribution in [3.8, 4) is 0 Å². The summed E-state index contributed by atoms with van der Waals surface area (Å²) in [4.78, 5) is 10.8. The normalized spacial score (nSPS) is 8.71. The highest BCUT2D eigenvalue weighted by atomic mass is 127. The van der Waals surface area contributed by atoms with Crippen molar-refractivity contribution >= 4 is 62.6 Å². The molecular formula is C16H21F2I2N3O. The first kappa shape index (κ1) is 25.1. The summed E-state index contributed by atoms with van der Waals surface area (Å²) in [5.41, 5.74) is 5.59. The second-order valence-corrected chi connectivity index (χ2v) is 6.49. The first-order valence-corrected chi connectivity index (χ1v) is 8.13. The summed E-state index contributed by atoms with van der Waals surface area (Å²) in [6.07, 6.45) is 0. The fourth-order valence-electron chi connectivity index (χ4n) is 1.28. The second-order valence-electron chi connectivity index (χ2n) is 3.99. The van der Waals surface area contributed by atoms with Gasteiger partial charge in [0.15, 0.2) is 0 Å². The predicted octanol–water partition coefficient (Wildman–Crippen LogP) is 5.47. The van der Waals surface area contributed by atoms with Gasteiger partial charge in [0.25, 0.3) is 0 Å². The summed E-state index contributed by atoms with van der Waals surface area (Å²) >= 11 is 4.02. The highest BCUT2D eigenvalue weighted by Crippen LogP contribution is 2.16. The maximum Gasteiger partial charge on any atom is 0.319 e. The van der Waals surface area contributed by atoms with Gasteiger partial charge in [-0.05, 0) is 81.6 Å². The molecule has 0 spiro atoms. The van der Waals surface area contributed by atoms with Crippen LogP contribution in [-0.2, 0) is 0 Å². The smallest absolute Gasteiger partial charge is 0.319 e. The molecule has 4 nitrogen and oxygen atoms in total. The van der Waals surface area contributed by atoms with Crippen molar-refractivity contribution in [3.05, 3.63) is 55.2 Å². The number of nitrogens with one attached hydrogen (secondary N) is 2. The molecule has 0 saturated heterocycles. The lowest BCUT2D eigenvalue weighted by molar-refractivity contribution is 0.254. The summed E-state index contributed by atoms with van der Waals surface area (Å²) < 4.78 is 27.2. The van der Waals surface area contributed by atoms with E-state index in [1.54, 1.807) is 18.2 Å². The van der Waals surface area contributed by atoms with Gasteiger partial charge in [0.2, 0.25) is 0 Å². The molecule has 0 radical (unpaired) electrons. The van der Waals surface area contributed by atoms with Crippen LogP contribution in [0.1, 0.15) is 14.9 Å². The number of urea groups is 1. The summed E-state index contributed by atoms with van der Waals surface area (Å²) in [5, 5.41) is 4.70. The Labute approximate surface area is 168 Å². The van der Waals surface area contributed by atoms with Gasteiger partial charge in [0, 0.05) is 14.2 Å². The largest absolute Gasteiger partial charge is 0.396 e. The second kappa shape index (κ2) is 12.2. The van der Waals surface area contributed by atoms with E-state index < -0.39 is 11.8 Å². The van der Waals surface area contributed by atoms with Gasteiger partial charge in [-0.25, -0.2) is 13.6 Å². The molecule has 2 aromatic carbocycles. The summed E-state index contributed by atoms with van der Waals surface area (Å²) in [6.45, 7) is 0. The Kier molecular flexibility index (Phi) is 12.8. The van der Waals surface area contributed by atoms with Crippen LogP contribution in [0.15, 0.2) is 36.4 Å². The zero-order valence-corrected chi connectivity index (χ0v) is 15.8. The molecule has 8 heteroatoms. The molecule has 2 rings (SSSR count). The van der Waals surface area contributed by atoms with Crippen molar-refractivity contribution < 1.29 is 13.6 Å². The van der Waals surface area contributed by atoms with Crippen molar-refractivity contribution in [2.24, 2.45) is 0 Å². The molecule has 134 valence electrons. The van der Waals surface area contributed by atoms with E-state index in [2.05, 4.69) is 10.6 Å². The Morgan fingerprint density at radius 1 is 1.00 bits per heavy atom. The van der Waals surface area contributed by atoms with E-state index in [1.807, 2.05) is 45.2 Å². The Bertz CT molecular complexity index is 670. The van der Waals surface area contributed by atoms with E-state index in [-0.39, 0.29) is 32.0 Å². The number of benzene rings is 2. The minimum Gasteiger partial charge on any atom is -0.396 e. The molecule has 2 aromatic rings. The van der Waals surface area contributed by atoms with E-state index in [1.165, 1.54) is 25.2 Å². The van der Waals surface area contributed by atoms with Crippen LogP contribution in [0.5, 0.6) is 0 Å². The van der Waals surface area contributed by atoms with Crippen LogP contribution in [0, 0.1) is 18.8 Å². The van der Waals surface area contributed by atoms with Gasteiger partial charge in [0.05, 0.1) is 11.4 Å². The maximum atomic E-state index is 13.1. The lowest BCUT2D eigenvalue weighted by Crippen LogP contribution is -2.24. The van der Waals surface area contributed by atoms with E-state index in [0.717, 1.165) is 7.14 Å². The standard InChI is InChI=1S/C8H8FIN2O.C6H5FIN.2CH4/c1-11-8(13)12-7-3-2-5(10)4-6(7)9;7-5-3-4(8)1-2-6(5)9;;/h2-4H,1H3,(H2,11,12,13);1-3H,9H2;2*1H4. The number of rotatable bonds is 1. The third kappa shape index (κ3) is 8.62. The number of hydrogen-bond donors (Lipinski definition) is 3. The fourth-order valence-corrected chi connectivity index (χ4v) is 2.18. The molecule has 0 aliphatic rings. The summed E-state index contributed by atoms with van der Waals surface area (Å²) in [7, 11) is 1.47. The zero-order chi connectivity index (χ0) is 16.7. The molecule has 0 aliphatic carbocycles. The number of amides is 2. The fraction of sp³-hybridized carbons (Fsp3) is 0.188. The number of anilines is 2. The van der Waals surface area contributed by atoms with Crippen LogP contribution in [0.25, 0.3) is 0 Å². The van der Waals surface area contributed by atoms with Crippen molar-refractivity contribution in [3.63, 3.8) is 0 Å². The van der Waals surface area contributed by atoms with Crippen LogP contribution in [-0.4, -0.2) is 13.1 Å². The van der Waals surface area contributed by atoms with Crippen molar-refractivity contribution in [2.45, 2.75) is 14.9 Å². The van der Waals surface area contributed by atoms with E-state index in [4.69, 9.17) is 5.73 Å². The zero-order valence-electron chi connectivity index (χ0n) is 11.5. The number of carbonyl (C=O) groups excluding carboxylic acids is 1. The predicted molar refractivity (Wildman–Crippen MR) is 114 cm³/mol. The monoisotopic (exact) mass is 563 g/mol. The van der Waals surface area contributed by atoms with Crippen LogP contribution < -0.4 is 16.4 Å². The highest BCUT2D eigenvalue weighted by Gasteiger charge is 2.04. The quantitative estimate of drug-likeness (QED) is 0.319. The number of hydrogen-bond acceptors (Lipinski definition) is 2. The Morgan fingerprint density at radius 3 is 1.92 bits per heavy atom. The molecule has 4 N–H and O–H groups in total. The molecular weight excluding hydrogens is 542 g/mol. The molecule has 0 fully saturated rings. The van der Waals surface area contributed by atoms with Gasteiger partial charge in [-0.3, -0.25) is 0 Å². The summed E-state index contributed by atoms with van der Waals surface area (Å²) in [5.74, 6) is -0.780. The van der Waals surface area contributed by atoms with Crippen LogP contribution in [0.2, 0.25) is 0 Å². The number of carbonyl (C=O) groups is 1. The van der Waals surface area contributed by atoms with Gasteiger partial charge in [-0.15, -0.1) is 0 Å². The molecule has 0 unspecified atom stereocenters. The highest BCUT2D eigenvalue weighted by molar-refractivity contribution is 14.1.